The van der Waals surface area contributed by atoms with Gasteiger partial charge in [0.2, 0.25) is 0 Å². The van der Waals surface area contributed by atoms with Crippen molar-refractivity contribution < 1.29 is 19.1 Å². The number of likely N-dealkylation sites (N-methyl/N-ethyl adjacent to an activating group) is 1. The van der Waals surface area contributed by atoms with Gasteiger partial charge < -0.3 is 24.7 Å². The van der Waals surface area contributed by atoms with Crippen molar-refractivity contribution in [1.82, 2.24) is 15.2 Å². The third-order valence-electron chi connectivity index (χ3n) is 4.63. The van der Waals surface area contributed by atoms with Gasteiger partial charge in [-0.2, -0.15) is 0 Å². The number of carbonyl (C=O) groups is 2. The zero-order valence-corrected chi connectivity index (χ0v) is 16.7. The van der Waals surface area contributed by atoms with Gasteiger partial charge in [-0.15, -0.1) is 0 Å². The van der Waals surface area contributed by atoms with Crippen LogP contribution in [0.5, 0.6) is 5.75 Å². The molecule has 1 atom stereocenters. The summed E-state index contributed by atoms with van der Waals surface area (Å²) >= 11 is 0. The fourth-order valence-corrected chi connectivity index (χ4v) is 3.09. The number of rotatable bonds is 7. The maximum absolute atomic E-state index is 12.7. The fourth-order valence-electron chi connectivity index (χ4n) is 3.09. The summed E-state index contributed by atoms with van der Waals surface area (Å²) in [5.74, 6) is 0.0731. The number of esters is 1. The highest BCUT2D eigenvalue weighted by Gasteiger charge is 2.23. The van der Waals surface area contributed by atoms with E-state index in [4.69, 9.17) is 9.47 Å². The van der Waals surface area contributed by atoms with Crippen molar-refractivity contribution in [3.8, 4) is 5.75 Å². The first-order chi connectivity index (χ1) is 12.8. The summed E-state index contributed by atoms with van der Waals surface area (Å²) in [4.78, 5) is 29.6. The SMILES string of the molecule is COC(=O)c1c(C)[nH]c(C(=O)NCC(c2ccc(OC)cc2)N(C)C)c1C. The number of aromatic amines is 1. The van der Waals surface area contributed by atoms with Crippen molar-refractivity contribution in [3.05, 3.63) is 52.3 Å². The topological polar surface area (TPSA) is 83.7 Å². The number of hydrogen-bond acceptors (Lipinski definition) is 5. The Labute approximate surface area is 159 Å². The molecule has 2 rings (SSSR count). The molecule has 0 aliphatic rings. The molecule has 7 nitrogen and oxygen atoms in total. The summed E-state index contributed by atoms with van der Waals surface area (Å²) in [6.45, 7) is 3.90. The lowest BCUT2D eigenvalue weighted by Gasteiger charge is -2.25. The van der Waals surface area contributed by atoms with Crippen LogP contribution < -0.4 is 10.1 Å². The molecule has 0 aliphatic carbocycles. The largest absolute Gasteiger partial charge is 0.497 e. The van der Waals surface area contributed by atoms with Gasteiger partial charge in [0.05, 0.1) is 25.8 Å². The van der Waals surface area contributed by atoms with E-state index >= 15 is 0 Å². The Morgan fingerprint density at radius 1 is 1.15 bits per heavy atom. The van der Waals surface area contributed by atoms with Crippen LogP contribution in [-0.4, -0.2) is 56.6 Å². The van der Waals surface area contributed by atoms with E-state index in [0.717, 1.165) is 11.3 Å². The number of hydrogen-bond donors (Lipinski definition) is 2. The summed E-state index contributed by atoms with van der Waals surface area (Å²) < 4.78 is 9.99. The summed E-state index contributed by atoms with van der Waals surface area (Å²) in [5.41, 5.74) is 3.05. The number of ether oxygens (including phenoxy) is 2. The molecule has 1 unspecified atom stereocenters. The minimum Gasteiger partial charge on any atom is -0.497 e. The van der Waals surface area contributed by atoms with Crippen molar-refractivity contribution in [2.45, 2.75) is 19.9 Å². The van der Waals surface area contributed by atoms with Crippen molar-refractivity contribution >= 4 is 11.9 Å². The van der Waals surface area contributed by atoms with E-state index in [9.17, 15) is 9.59 Å². The van der Waals surface area contributed by atoms with Crippen LogP contribution in [0.1, 0.15) is 43.7 Å². The first-order valence-electron chi connectivity index (χ1n) is 8.66. The Morgan fingerprint density at radius 2 is 1.78 bits per heavy atom. The average Bonchev–Trinajstić information content (AvgIpc) is 2.95. The molecule has 0 spiro atoms. The number of carbonyl (C=O) groups excluding carboxylic acids is 2. The molecule has 0 radical (unpaired) electrons. The van der Waals surface area contributed by atoms with Crippen molar-refractivity contribution in [1.29, 1.82) is 0 Å². The third-order valence-corrected chi connectivity index (χ3v) is 4.63. The van der Waals surface area contributed by atoms with Crippen molar-refractivity contribution in [2.24, 2.45) is 0 Å². The lowest BCUT2D eigenvalue weighted by atomic mass is 10.1. The minimum absolute atomic E-state index is 0.00343. The van der Waals surface area contributed by atoms with Gasteiger partial charge in [0.15, 0.2) is 0 Å². The van der Waals surface area contributed by atoms with Gasteiger partial charge in [0.1, 0.15) is 11.4 Å². The first kappa shape index (κ1) is 20.5. The molecule has 146 valence electrons. The van der Waals surface area contributed by atoms with Gasteiger partial charge in [-0.25, -0.2) is 4.79 Å². The molecule has 0 bridgehead atoms. The monoisotopic (exact) mass is 373 g/mol. The van der Waals surface area contributed by atoms with E-state index in [1.54, 1.807) is 21.0 Å². The second kappa shape index (κ2) is 8.73. The summed E-state index contributed by atoms with van der Waals surface area (Å²) in [6, 6.07) is 7.75. The van der Waals surface area contributed by atoms with Gasteiger partial charge in [-0.05, 0) is 51.2 Å². The van der Waals surface area contributed by atoms with Gasteiger partial charge in [0, 0.05) is 12.2 Å². The molecular weight excluding hydrogens is 346 g/mol. The van der Waals surface area contributed by atoms with E-state index in [1.165, 1.54) is 7.11 Å². The van der Waals surface area contributed by atoms with Crippen molar-refractivity contribution in [2.75, 3.05) is 34.9 Å². The zero-order valence-electron chi connectivity index (χ0n) is 16.7. The van der Waals surface area contributed by atoms with Gasteiger partial charge >= 0.3 is 5.97 Å². The number of methoxy groups -OCH3 is 2. The number of aryl methyl sites for hydroxylation is 1. The lowest BCUT2D eigenvalue weighted by Crippen LogP contribution is -2.35. The normalized spacial score (nSPS) is 12.0. The highest BCUT2D eigenvalue weighted by atomic mass is 16.5. The lowest BCUT2D eigenvalue weighted by molar-refractivity contribution is 0.0599. The number of benzene rings is 1. The van der Waals surface area contributed by atoms with Crippen molar-refractivity contribution in [3.63, 3.8) is 0 Å². The highest BCUT2D eigenvalue weighted by molar-refractivity contribution is 6.00. The van der Waals surface area contributed by atoms with E-state index in [-0.39, 0.29) is 11.9 Å². The number of amides is 1. The molecule has 1 aromatic heterocycles. The quantitative estimate of drug-likeness (QED) is 0.729. The number of aromatic nitrogens is 1. The molecular formula is C20H27N3O4. The maximum atomic E-state index is 12.7. The van der Waals surface area contributed by atoms with E-state index < -0.39 is 5.97 Å². The third kappa shape index (κ3) is 4.49. The Hall–Kier alpha value is -2.80. The number of H-pyrrole nitrogens is 1. The van der Waals surface area contributed by atoms with Crippen LogP contribution in [0.2, 0.25) is 0 Å². The first-order valence-corrected chi connectivity index (χ1v) is 8.66. The van der Waals surface area contributed by atoms with Crippen LogP contribution >= 0.6 is 0 Å². The predicted molar refractivity (Wildman–Crippen MR) is 103 cm³/mol. The summed E-state index contributed by atoms with van der Waals surface area (Å²) in [5, 5.41) is 2.95. The highest BCUT2D eigenvalue weighted by Crippen LogP contribution is 2.22. The summed E-state index contributed by atoms with van der Waals surface area (Å²) in [6.07, 6.45) is 0. The molecule has 0 fully saturated rings. The van der Waals surface area contributed by atoms with Crippen LogP contribution in [-0.2, 0) is 4.74 Å². The van der Waals surface area contributed by atoms with E-state index in [2.05, 4.69) is 10.3 Å². The van der Waals surface area contributed by atoms with Crippen LogP contribution in [0.15, 0.2) is 24.3 Å². The van der Waals surface area contributed by atoms with Crippen LogP contribution in [0.3, 0.4) is 0 Å². The van der Waals surface area contributed by atoms with Gasteiger partial charge in [0.25, 0.3) is 5.91 Å². The zero-order chi connectivity index (χ0) is 20.1. The Morgan fingerprint density at radius 3 is 2.30 bits per heavy atom. The summed E-state index contributed by atoms with van der Waals surface area (Å²) in [7, 11) is 6.87. The van der Waals surface area contributed by atoms with Crippen LogP contribution in [0.25, 0.3) is 0 Å². The fraction of sp³-hybridized carbons (Fsp3) is 0.400. The maximum Gasteiger partial charge on any atom is 0.339 e. The number of nitrogens with one attached hydrogen (secondary N) is 2. The molecule has 2 aromatic rings. The molecule has 27 heavy (non-hydrogen) atoms. The number of nitrogens with zero attached hydrogens (tertiary/aromatic N) is 1. The molecule has 1 amide bonds. The molecule has 2 N–H and O–H groups in total. The van der Waals surface area contributed by atoms with Crippen LogP contribution in [0, 0.1) is 13.8 Å². The smallest absolute Gasteiger partial charge is 0.339 e. The van der Waals surface area contributed by atoms with Crippen LogP contribution in [0.4, 0.5) is 0 Å². The second-order valence-corrected chi connectivity index (χ2v) is 6.58. The van der Waals surface area contributed by atoms with E-state index in [0.29, 0.717) is 29.1 Å². The Kier molecular flexibility index (Phi) is 6.63. The standard InChI is InChI=1S/C20H27N3O4/c1-12-17(20(25)27-6)13(2)22-18(12)19(24)21-11-16(23(3)4)14-7-9-15(26-5)10-8-14/h7-10,16,22H,11H2,1-6H3,(H,21,24). The molecule has 1 aromatic carbocycles. The molecule has 7 heteroatoms. The Balaban J connectivity index is 2.15. The molecule has 1 heterocycles. The molecule has 0 saturated carbocycles. The molecule has 0 saturated heterocycles. The van der Waals surface area contributed by atoms with E-state index in [1.807, 2.05) is 43.3 Å². The average molecular weight is 373 g/mol. The van der Waals surface area contributed by atoms with Gasteiger partial charge in [-0.3, -0.25) is 4.79 Å². The predicted octanol–water partition coefficient (Wildman–Crippen LogP) is 2.46. The molecule has 0 aliphatic heterocycles. The Bertz CT molecular complexity index is 809. The van der Waals surface area contributed by atoms with Gasteiger partial charge in [-0.1, -0.05) is 12.1 Å². The second-order valence-electron chi connectivity index (χ2n) is 6.58. The minimum atomic E-state index is -0.454.